The van der Waals surface area contributed by atoms with Crippen molar-refractivity contribution < 1.29 is 24.7 Å². The summed E-state index contributed by atoms with van der Waals surface area (Å²) in [6.07, 6.45) is 1.40. The zero-order valence-electron chi connectivity index (χ0n) is 8.36. The van der Waals surface area contributed by atoms with Crippen molar-refractivity contribution in [1.82, 2.24) is 0 Å². The molecule has 0 heterocycles. The molecule has 0 atom stereocenters. The summed E-state index contributed by atoms with van der Waals surface area (Å²) in [4.78, 5) is 31.2. The number of carboxylic acid groups (broad SMARTS) is 1. The third-order valence-electron chi connectivity index (χ3n) is 1.83. The Balaban J connectivity index is 3.08. The van der Waals surface area contributed by atoms with Gasteiger partial charge in [-0.25, -0.2) is 4.79 Å². The Labute approximate surface area is 94.8 Å². The number of carboxylic acids is 1. The molecule has 88 valence electrons. The van der Waals surface area contributed by atoms with E-state index in [9.17, 15) is 19.7 Å². The molecule has 2 N–H and O–H groups in total. The van der Waals surface area contributed by atoms with Gasteiger partial charge in [0.1, 0.15) is 0 Å². The first-order valence-electron chi connectivity index (χ1n) is 4.34. The van der Waals surface area contributed by atoms with E-state index in [-0.39, 0.29) is 5.56 Å². The van der Waals surface area contributed by atoms with Gasteiger partial charge in [0.25, 0.3) is 0 Å². The van der Waals surface area contributed by atoms with Gasteiger partial charge in [-0.1, -0.05) is 0 Å². The Morgan fingerprint density at radius 2 is 1.94 bits per heavy atom. The number of carbonyl (C=O) groups excluding carboxylic acids is 1. The van der Waals surface area contributed by atoms with Gasteiger partial charge in [0.15, 0.2) is 11.5 Å². The molecule has 0 unspecified atom stereocenters. The van der Waals surface area contributed by atoms with Crippen molar-refractivity contribution in [2.45, 2.75) is 0 Å². The van der Waals surface area contributed by atoms with Crippen LogP contribution in [0.4, 0.5) is 5.69 Å². The Morgan fingerprint density at radius 1 is 1.29 bits per heavy atom. The van der Waals surface area contributed by atoms with Crippen LogP contribution >= 0.6 is 0 Å². The Hall–Kier alpha value is -2.70. The maximum absolute atomic E-state index is 11.4. The van der Waals surface area contributed by atoms with Crippen LogP contribution in [0.5, 0.6) is 5.75 Å². The first kappa shape index (κ1) is 12.4. The summed E-state index contributed by atoms with van der Waals surface area (Å²) in [5.74, 6) is -2.56. The molecule has 0 saturated heterocycles. The standard InChI is InChI=1S/C10H7NO6/c12-8(3-4-10(14)15)6-1-2-9(13)7(5-6)11(16)17/h1-5,13H,(H,14,15)/b4-3-. The van der Waals surface area contributed by atoms with Gasteiger partial charge in [-0.3, -0.25) is 14.9 Å². The normalized spacial score (nSPS) is 10.4. The smallest absolute Gasteiger partial charge is 0.328 e. The second-order valence-corrected chi connectivity index (χ2v) is 3.00. The molecule has 7 heteroatoms. The highest BCUT2D eigenvalue weighted by atomic mass is 16.6. The van der Waals surface area contributed by atoms with Crippen molar-refractivity contribution in [3.05, 3.63) is 46.0 Å². The quantitative estimate of drug-likeness (QED) is 0.350. The Bertz CT molecular complexity index is 520. The van der Waals surface area contributed by atoms with Gasteiger partial charge >= 0.3 is 11.7 Å². The molecule has 0 amide bonds. The number of aromatic hydroxyl groups is 1. The number of hydrogen-bond acceptors (Lipinski definition) is 5. The number of nitro benzene ring substituents is 1. The summed E-state index contributed by atoms with van der Waals surface area (Å²) in [6, 6.07) is 3.04. The molecule has 0 aromatic heterocycles. The fraction of sp³-hybridized carbons (Fsp3) is 0. The highest BCUT2D eigenvalue weighted by molar-refractivity contribution is 6.07. The number of phenolic OH excluding ortho intramolecular Hbond substituents is 1. The second kappa shape index (κ2) is 4.88. The molecule has 7 nitrogen and oxygen atoms in total. The molecular formula is C10H7NO6. The van der Waals surface area contributed by atoms with Crippen molar-refractivity contribution in [3.8, 4) is 5.75 Å². The Morgan fingerprint density at radius 3 is 2.47 bits per heavy atom. The predicted molar refractivity (Wildman–Crippen MR) is 55.9 cm³/mol. The second-order valence-electron chi connectivity index (χ2n) is 3.00. The first-order valence-corrected chi connectivity index (χ1v) is 4.34. The van der Waals surface area contributed by atoms with Gasteiger partial charge in [0.2, 0.25) is 0 Å². The van der Waals surface area contributed by atoms with Crippen molar-refractivity contribution in [1.29, 1.82) is 0 Å². The van der Waals surface area contributed by atoms with Gasteiger partial charge in [-0.15, -0.1) is 0 Å². The van der Waals surface area contributed by atoms with Gasteiger partial charge in [-0.2, -0.15) is 0 Å². The monoisotopic (exact) mass is 237 g/mol. The van der Waals surface area contributed by atoms with E-state index in [0.29, 0.717) is 6.08 Å². The fourth-order valence-corrected chi connectivity index (χ4v) is 1.07. The Kier molecular flexibility index (Phi) is 3.55. The molecule has 0 spiro atoms. The van der Waals surface area contributed by atoms with Crippen molar-refractivity contribution in [2.75, 3.05) is 0 Å². The number of rotatable bonds is 4. The molecule has 0 fully saturated rings. The fourth-order valence-electron chi connectivity index (χ4n) is 1.07. The molecule has 0 aliphatic rings. The maximum atomic E-state index is 11.4. The lowest BCUT2D eigenvalue weighted by Gasteiger charge is -1.98. The summed E-state index contributed by atoms with van der Waals surface area (Å²) >= 11 is 0. The van der Waals surface area contributed by atoms with Crippen LogP contribution in [0, 0.1) is 10.1 Å². The average Bonchev–Trinajstić information content (AvgIpc) is 2.26. The largest absolute Gasteiger partial charge is 0.502 e. The van der Waals surface area contributed by atoms with Crippen LogP contribution in [0.15, 0.2) is 30.4 Å². The molecule has 0 aliphatic carbocycles. The van der Waals surface area contributed by atoms with E-state index >= 15 is 0 Å². The summed E-state index contributed by atoms with van der Waals surface area (Å²) in [7, 11) is 0. The van der Waals surface area contributed by atoms with E-state index in [1.807, 2.05) is 0 Å². The average molecular weight is 237 g/mol. The topological polar surface area (TPSA) is 118 Å². The van der Waals surface area contributed by atoms with Crippen LogP contribution in [0.2, 0.25) is 0 Å². The minimum Gasteiger partial charge on any atom is -0.502 e. The van der Waals surface area contributed by atoms with Gasteiger partial charge < -0.3 is 10.2 Å². The van der Waals surface area contributed by atoms with Crippen molar-refractivity contribution in [2.24, 2.45) is 0 Å². The minimum absolute atomic E-state index is 0.0769. The van der Waals surface area contributed by atoms with Crippen LogP contribution in [-0.2, 0) is 4.79 Å². The summed E-state index contributed by atoms with van der Waals surface area (Å²) in [6.45, 7) is 0. The molecule has 1 aromatic rings. The van der Waals surface area contributed by atoms with Crippen LogP contribution in [0.3, 0.4) is 0 Å². The lowest BCUT2D eigenvalue weighted by atomic mass is 10.1. The summed E-state index contributed by atoms with van der Waals surface area (Å²) in [5.41, 5.74) is -0.688. The van der Waals surface area contributed by atoms with Gasteiger partial charge in [-0.05, 0) is 18.2 Å². The molecule has 17 heavy (non-hydrogen) atoms. The van der Waals surface area contributed by atoms with Gasteiger partial charge in [0.05, 0.1) is 4.92 Å². The SMILES string of the molecule is O=C(O)/C=C\C(=O)c1ccc(O)c([N+](=O)[O-])c1. The maximum Gasteiger partial charge on any atom is 0.328 e. The molecule has 0 radical (unpaired) electrons. The number of allylic oxidation sites excluding steroid dienone is 1. The van der Waals surface area contributed by atoms with Crippen molar-refractivity contribution >= 4 is 17.4 Å². The predicted octanol–water partition coefficient (Wildman–Crippen LogP) is 1.12. The molecule has 1 rings (SSSR count). The molecule has 0 aliphatic heterocycles. The zero-order chi connectivity index (χ0) is 13.0. The number of benzene rings is 1. The molecular weight excluding hydrogens is 230 g/mol. The highest BCUT2D eigenvalue weighted by Crippen LogP contribution is 2.26. The van der Waals surface area contributed by atoms with Crippen LogP contribution in [0.25, 0.3) is 0 Å². The number of nitrogens with zero attached hydrogens (tertiary/aromatic N) is 1. The number of carbonyl (C=O) groups is 2. The third kappa shape index (κ3) is 3.13. The minimum atomic E-state index is -1.30. The summed E-state index contributed by atoms with van der Waals surface area (Å²) < 4.78 is 0. The number of phenols is 1. The lowest BCUT2D eigenvalue weighted by molar-refractivity contribution is -0.385. The lowest BCUT2D eigenvalue weighted by Crippen LogP contribution is -1.98. The van der Waals surface area contributed by atoms with E-state index < -0.39 is 28.1 Å². The zero-order valence-corrected chi connectivity index (χ0v) is 8.36. The third-order valence-corrected chi connectivity index (χ3v) is 1.83. The number of hydrogen-bond donors (Lipinski definition) is 2. The van der Waals surface area contributed by atoms with Gasteiger partial charge in [0, 0.05) is 17.7 Å². The first-order chi connectivity index (χ1) is 7.91. The molecule has 0 saturated carbocycles. The van der Waals surface area contributed by atoms with Crippen LogP contribution < -0.4 is 0 Å². The number of nitro groups is 1. The number of aliphatic carboxylic acids is 1. The van der Waals surface area contributed by atoms with E-state index in [4.69, 9.17) is 10.2 Å². The highest BCUT2D eigenvalue weighted by Gasteiger charge is 2.15. The van der Waals surface area contributed by atoms with Crippen LogP contribution in [0.1, 0.15) is 10.4 Å². The van der Waals surface area contributed by atoms with Crippen LogP contribution in [-0.4, -0.2) is 26.9 Å². The van der Waals surface area contributed by atoms with E-state index in [1.54, 1.807) is 0 Å². The number of ketones is 1. The van der Waals surface area contributed by atoms with E-state index in [1.165, 1.54) is 0 Å². The molecule has 1 aromatic carbocycles. The molecule has 0 bridgehead atoms. The van der Waals surface area contributed by atoms with Crippen molar-refractivity contribution in [3.63, 3.8) is 0 Å². The van der Waals surface area contributed by atoms with E-state index in [2.05, 4.69) is 0 Å². The summed E-state index contributed by atoms with van der Waals surface area (Å²) in [5, 5.41) is 27.9. The van der Waals surface area contributed by atoms with E-state index in [0.717, 1.165) is 24.3 Å².